The van der Waals surface area contributed by atoms with Crippen LogP contribution in [0.2, 0.25) is 0 Å². The highest BCUT2D eigenvalue weighted by molar-refractivity contribution is 8.00. The maximum absolute atomic E-state index is 14.5. The van der Waals surface area contributed by atoms with Gasteiger partial charge in [-0.15, -0.1) is 11.3 Å². The summed E-state index contributed by atoms with van der Waals surface area (Å²) in [5, 5.41) is 12.7. The highest BCUT2D eigenvalue weighted by atomic mass is 32.2. The third-order valence-corrected chi connectivity index (χ3v) is 8.55. The van der Waals surface area contributed by atoms with Crippen molar-refractivity contribution in [3.05, 3.63) is 34.6 Å². The van der Waals surface area contributed by atoms with Crippen molar-refractivity contribution >= 4 is 56.8 Å². The minimum Gasteiger partial charge on any atom is -0.476 e. The third kappa shape index (κ3) is 3.37. The molecule has 4 N–H and O–H groups in total. The van der Waals surface area contributed by atoms with Gasteiger partial charge in [0.15, 0.2) is 15.2 Å². The summed E-state index contributed by atoms with van der Waals surface area (Å²) in [5.41, 5.74) is 8.62. The number of hydrogen-bond donors (Lipinski definition) is 3. The molecule has 1 aliphatic carbocycles. The van der Waals surface area contributed by atoms with E-state index in [-0.39, 0.29) is 17.6 Å². The molecule has 11 heteroatoms. The van der Waals surface area contributed by atoms with Crippen LogP contribution in [0.25, 0.3) is 21.9 Å². The van der Waals surface area contributed by atoms with Gasteiger partial charge in [-0.05, 0) is 54.1 Å². The number of carboxylic acid groups (broad SMARTS) is 1. The van der Waals surface area contributed by atoms with Crippen LogP contribution in [-0.4, -0.2) is 50.1 Å². The standard InChI is InChI=1S/C22H21FN6O2S2/c1-2-9-3-11(23)5-12-16-18(26-17(9)12)27-21(33-22-25-15(8-32-22)20(30)31)28-19(16)29-6-10-4-14(24)13(10)7-29/h3,5,8,10,13-14H,2,4,6-7,24H2,1H3,(H,30,31)(H,26,27,28). The fourth-order valence-electron chi connectivity index (χ4n) is 5.06. The van der Waals surface area contributed by atoms with Crippen molar-refractivity contribution in [3.8, 4) is 0 Å². The predicted octanol–water partition coefficient (Wildman–Crippen LogP) is 3.90. The summed E-state index contributed by atoms with van der Waals surface area (Å²) in [4.78, 5) is 30.6. The first-order chi connectivity index (χ1) is 15.9. The Kier molecular flexibility index (Phi) is 4.82. The van der Waals surface area contributed by atoms with Gasteiger partial charge in [-0.1, -0.05) is 6.92 Å². The number of rotatable bonds is 5. The van der Waals surface area contributed by atoms with E-state index in [0.29, 0.717) is 33.4 Å². The van der Waals surface area contributed by atoms with Crippen molar-refractivity contribution in [2.24, 2.45) is 17.6 Å². The monoisotopic (exact) mass is 484 g/mol. The molecular weight excluding hydrogens is 463 g/mol. The number of fused-ring (bicyclic) bond motifs is 4. The van der Waals surface area contributed by atoms with E-state index in [9.17, 15) is 14.3 Å². The van der Waals surface area contributed by atoms with E-state index in [1.165, 1.54) is 28.5 Å². The molecule has 8 nitrogen and oxygen atoms in total. The molecule has 0 amide bonds. The number of anilines is 1. The quantitative estimate of drug-likeness (QED) is 0.365. The average Bonchev–Trinajstić information content (AvgIpc) is 3.48. The number of aryl methyl sites for hydroxylation is 1. The summed E-state index contributed by atoms with van der Waals surface area (Å²) in [6.45, 7) is 3.67. The van der Waals surface area contributed by atoms with Gasteiger partial charge in [-0.2, -0.15) is 0 Å². The van der Waals surface area contributed by atoms with Crippen molar-refractivity contribution in [2.75, 3.05) is 18.0 Å². The van der Waals surface area contributed by atoms with Gasteiger partial charge in [0.25, 0.3) is 0 Å². The van der Waals surface area contributed by atoms with Crippen LogP contribution in [0.15, 0.2) is 27.0 Å². The number of carboxylic acids is 1. The zero-order chi connectivity index (χ0) is 22.9. The Morgan fingerprint density at radius 3 is 2.91 bits per heavy atom. The maximum Gasteiger partial charge on any atom is 0.355 e. The van der Waals surface area contributed by atoms with Crippen molar-refractivity contribution in [2.45, 2.75) is 35.3 Å². The molecule has 2 fully saturated rings. The van der Waals surface area contributed by atoms with Crippen LogP contribution in [0.5, 0.6) is 0 Å². The Morgan fingerprint density at radius 1 is 1.36 bits per heavy atom. The molecule has 3 atom stereocenters. The van der Waals surface area contributed by atoms with Crippen molar-refractivity contribution in [3.63, 3.8) is 0 Å². The lowest BCUT2D eigenvalue weighted by Crippen LogP contribution is -2.46. The highest BCUT2D eigenvalue weighted by Gasteiger charge is 2.46. The summed E-state index contributed by atoms with van der Waals surface area (Å²) < 4.78 is 15.0. The molecule has 1 saturated heterocycles. The lowest BCUT2D eigenvalue weighted by atomic mass is 9.72. The number of nitrogens with one attached hydrogen (secondary N) is 1. The Morgan fingerprint density at radius 2 is 2.21 bits per heavy atom. The predicted molar refractivity (Wildman–Crippen MR) is 126 cm³/mol. The number of nitrogens with two attached hydrogens (primary N) is 1. The Hall–Kier alpha value is -2.76. The first kappa shape index (κ1) is 20.8. The number of hydrogen-bond acceptors (Lipinski definition) is 8. The van der Waals surface area contributed by atoms with Crippen molar-refractivity contribution in [1.82, 2.24) is 19.9 Å². The topological polar surface area (TPSA) is 121 Å². The van der Waals surface area contributed by atoms with Gasteiger partial charge >= 0.3 is 5.97 Å². The van der Waals surface area contributed by atoms with E-state index in [1.807, 2.05) is 6.92 Å². The molecule has 1 aliphatic heterocycles. The molecule has 0 radical (unpaired) electrons. The van der Waals surface area contributed by atoms with Crippen LogP contribution in [0, 0.1) is 17.7 Å². The fourth-order valence-corrected chi connectivity index (χ4v) is 6.71. The normalized spacial score (nSPS) is 22.2. The molecular formula is C22H21FN6O2S2. The summed E-state index contributed by atoms with van der Waals surface area (Å²) in [6, 6.07) is 3.31. The van der Waals surface area contributed by atoms with Crippen LogP contribution in [0.3, 0.4) is 0 Å². The second-order valence-corrected chi connectivity index (χ2v) is 10.7. The van der Waals surface area contributed by atoms with Crippen LogP contribution in [0.4, 0.5) is 10.2 Å². The van der Waals surface area contributed by atoms with Crippen LogP contribution in [0.1, 0.15) is 29.4 Å². The third-order valence-electron chi connectivity index (χ3n) is 6.74. The lowest BCUT2D eigenvalue weighted by Gasteiger charge is -2.36. The van der Waals surface area contributed by atoms with Crippen molar-refractivity contribution in [1.29, 1.82) is 0 Å². The van der Waals surface area contributed by atoms with E-state index in [4.69, 9.17) is 15.7 Å². The van der Waals surface area contributed by atoms with Gasteiger partial charge in [0, 0.05) is 29.9 Å². The summed E-state index contributed by atoms with van der Waals surface area (Å²) in [6.07, 6.45) is 1.70. The summed E-state index contributed by atoms with van der Waals surface area (Å²) in [5.74, 6) is 0.404. The Balaban J connectivity index is 1.51. The molecule has 2 aliphatic rings. The zero-order valence-electron chi connectivity index (χ0n) is 17.7. The van der Waals surface area contributed by atoms with Gasteiger partial charge < -0.3 is 20.7 Å². The number of aromatic nitrogens is 4. The second kappa shape index (κ2) is 7.64. The van der Waals surface area contributed by atoms with Gasteiger partial charge in [0.2, 0.25) is 0 Å². The molecule has 33 heavy (non-hydrogen) atoms. The molecule has 3 aromatic heterocycles. The Bertz CT molecular complexity index is 1420. The zero-order valence-corrected chi connectivity index (χ0v) is 19.3. The minimum absolute atomic E-state index is 0.00239. The number of halogens is 1. The molecule has 4 aromatic rings. The lowest BCUT2D eigenvalue weighted by molar-refractivity contribution is 0.0691. The average molecular weight is 485 g/mol. The first-order valence-corrected chi connectivity index (χ1v) is 12.5. The van der Waals surface area contributed by atoms with E-state index >= 15 is 0 Å². The van der Waals surface area contributed by atoms with Gasteiger partial charge in [-0.3, -0.25) is 0 Å². The molecule has 1 aromatic carbocycles. The van der Waals surface area contributed by atoms with Crippen LogP contribution >= 0.6 is 23.1 Å². The number of nitrogens with zero attached hydrogens (tertiary/aromatic N) is 4. The van der Waals surface area contributed by atoms with Gasteiger partial charge in [0.05, 0.1) is 10.9 Å². The molecule has 170 valence electrons. The Labute approximate surface area is 196 Å². The van der Waals surface area contributed by atoms with Crippen molar-refractivity contribution < 1.29 is 14.3 Å². The minimum atomic E-state index is -1.07. The first-order valence-electron chi connectivity index (χ1n) is 10.8. The largest absolute Gasteiger partial charge is 0.476 e. The number of benzene rings is 1. The summed E-state index contributed by atoms with van der Waals surface area (Å²) >= 11 is 2.47. The molecule has 6 rings (SSSR count). The SMILES string of the molecule is CCc1cc(F)cc2c1[nH]c1nc(Sc3nc(C(=O)O)cs3)nc(N3CC4CC(N)C4C3)c12. The number of thiazole rings is 1. The summed E-state index contributed by atoms with van der Waals surface area (Å²) in [7, 11) is 0. The van der Waals surface area contributed by atoms with E-state index in [1.54, 1.807) is 12.1 Å². The molecule has 0 bridgehead atoms. The van der Waals surface area contributed by atoms with Crippen LogP contribution < -0.4 is 10.6 Å². The second-order valence-electron chi connectivity index (χ2n) is 8.65. The van der Waals surface area contributed by atoms with E-state index in [0.717, 1.165) is 47.2 Å². The molecule has 3 unspecified atom stereocenters. The van der Waals surface area contributed by atoms with Gasteiger partial charge in [0.1, 0.15) is 17.3 Å². The van der Waals surface area contributed by atoms with E-state index in [2.05, 4.69) is 14.9 Å². The van der Waals surface area contributed by atoms with Gasteiger partial charge in [-0.25, -0.2) is 24.1 Å². The maximum atomic E-state index is 14.5. The number of aromatic carboxylic acids is 1. The molecule has 4 heterocycles. The van der Waals surface area contributed by atoms with E-state index < -0.39 is 5.97 Å². The smallest absolute Gasteiger partial charge is 0.355 e. The van der Waals surface area contributed by atoms with Crippen LogP contribution in [-0.2, 0) is 6.42 Å². The molecule has 0 spiro atoms. The highest BCUT2D eigenvalue weighted by Crippen LogP contribution is 2.44. The molecule has 1 saturated carbocycles. The number of aromatic amines is 1. The number of carbonyl (C=O) groups is 1. The fraction of sp³-hybridized carbons (Fsp3) is 0.364. The number of H-pyrrole nitrogens is 1.